The van der Waals surface area contributed by atoms with Crippen LogP contribution in [0.1, 0.15) is 0 Å². The summed E-state index contributed by atoms with van der Waals surface area (Å²) in [5.41, 5.74) is 1.78. The Hall–Kier alpha value is -2.21. The van der Waals surface area contributed by atoms with Gasteiger partial charge in [-0.2, -0.15) is 0 Å². The average molecular weight is 344 g/mol. The van der Waals surface area contributed by atoms with Gasteiger partial charge < -0.3 is 15.2 Å². The molecular weight excluding hydrogens is 326 g/mol. The number of aliphatic hydroxyl groups excluding tert-OH is 1. The topological polar surface area (TPSA) is 67.3 Å². The Morgan fingerprint density at radius 2 is 1.79 bits per heavy atom. The Bertz CT molecular complexity index is 809. The fraction of sp³-hybridized carbons (Fsp3) is 0.222. The maximum atomic E-state index is 8.73. The zero-order valence-corrected chi connectivity index (χ0v) is 13.8. The van der Waals surface area contributed by atoms with E-state index in [0.29, 0.717) is 30.6 Å². The molecule has 0 bridgehead atoms. The fourth-order valence-electron chi connectivity index (χ4n) is 2.35. The maximum Gasteiger partial charge on any atom is 0.162 e. The van der Waals surface area contributed by atoms with Crippen molar-refractivity contribution in [1.82, 2.24) is 9.97 Å². The molecule has 124 valence electrons. The standard InChI is InChI=1S/C18H18ClN3O2/c19-14-7-5-13(6-8-14)17-21-16-4-2-1-3-15(16)18(22-17)20-9-11-24-12-10-23/h1-8,23H,9-12H2,(H,20,21,22). The molecule has 2 aromatic carbocycles. The molecule has 2 N–H and O–H groups in total. The van der Waals surface area contributed by atoms with Crippen LogP contribution in [0.15, 0.2) is 48.5 Å². The Morgan fingerprint density at radius 1 is 1.00 bits per heavy atom. The molecule has 0 atom stereocenters. The molecular formula is C18H18ClN3O2. The van der Waals surface area contributed by atoms with E-state index in [0.717, 1.165) is 22.3 Å². The third-order valence-electron chi connectivity index (χ3n) is 3.48. The van der Waals surface area contributed by atoms with E-state index >= 15 is 0 Å². The number of halogens is 1. The summed E-state index contributed by atoms with van der Waals surface area (Å²) in [7, 11) is 0. The van der Waals surface area contributed by atoms with Crippen molar-refractivity contribution in [1.29, 1.82) is 0 Å². The summed E-state index contributed by atoms with van der Waals surface area (Å²) >= 11 is 5.95. The van der Waals surface area contributed by atoms with Gasteiger partial charge in [0.2, 0.25) is 0 Å². The summed E-state index contributed by atoms with van der Waals surface area (Å²) in [6.45, 7) is 1.45. The first-order valence-electron chi connectivity index (χ1n) is 7.73. The van der Waals surface area contributed by atoms with Gasteiger partial charge in [-0.25, -0.2) is 9.97 Å². The second-order valence-electron chi connectivity index (χ2n) is 5.18. The molecule has 0 spiro atoms. The van der Waals surface area contributed by atoms with E-state index in [1.54, 1.807) is 0 Å². The monoisotopic (exact) mass is 343 g/mol. The second kappa shape index (κ2) is 8.06. The maximum absolute atomic E-state index is 8.73. The molecule has 0 aliphatic rings. The Balaban J connectivity index is 1.89. The van der Waals surface area contributed by atoms with Crippen LogP contribution in [0.5, 0.6) is 0 Å². The number of nitrogens with one attached hydrogen (secondary N) is 1. The molecule has 3 rings (SSSR count). The molecule has 0 saturated heterocycles. The minimum absolute atomic E-state index is 0.0250. The van der Waals surface area contributed by atoms with Crippen molar-refractivity contribution < 1.29 is 9.84 Å². The number of aliphatic hydroxyl groups is 1. The van der Waals surface area contributed by atoms with Crippen LogP contribution in [-0.4, -0.2) is 41.4 Å². The van der Waals surface area contributed by atoms with E-state index in [-0.39, 0.29) is 6.61 Å². The Labute approximate surface area is 145 Å². The van der Waals surface area contributed by atoms with Crippen molar-refractivity contribution in [2.45, 2.75) is 0 Å². The predicted molar refractivity (Wildman–Crippen MR) is 96.4 cm³/mol. The number of nitrogens with zero attached hydrogens (tertiary/aromatic N) is 2. The van der Waals surface area contributed by atoms with Gasteiger partial charge in [-0.1, -0.05) is 23.7 Å². The fourth-order valence-corrected chi connectivity index (χ4v) is 2.47. The third kappa shape index (κ3) is 4.00. The number of anilines is 1. The van der Waals surface area contributed by atoms with Gasteiger partial charge in [0.15, 0.2) is 5.82 Å². The summed E-state index contributed by atoms with van der Waals surface area (Å²) in [4.78, 5) is 9.28. The van der Waals surface area contributed by atoms with Gasteiger partial charge in [0.1, 0.15) is 5.82 Å². The molecule has 0 unspecified atom stereocenters. The number of fused-ring (bicyclic) bond motifs is 1. The van der Waals surface area contributed by atoms with Gasteiger partial charge in [0, 0.05) is 22.5 Å². The van der Waals surface area contributed by atoms with E-state index in [1.807, 2.05) is 48.5 Å². The number of hydrogen-bond donors (Lipinski definition) is 2. The van der Waals surface area contributed by atoms with E-state index in [2.05, 4.69) is 15.3 Å². The third-order valence-corrected chi connectivity index (χ3v) is 3.73. The highest BCUT2D eigenvalue weighted by molar-refractivity contribution is 6.30. The zero-order valence-electron chi connectivity index (χ0n) is 13.1. The molecule has 1 heterocycles. The lowest BCUT2D eigenvalue weighted by Crippen LogP contribution is -2.13. The summed E-state index contributed by atoms with van der Waals surface area (Å²) in [6, 6.07) is 15.3. The quantitative estimate of drug-likeness (QED) is 0.644. The molecule has 5 nitrogen and oxygen atoms in total. The number of aromatic nitrogens is 2. The van der Waals surface area contributed by atoms with Gasteiger partial charge in [0.25, 0.3) is 0 Å². The highest BCUT2D eigenvalue weighted by Crippen LogP contribution is 2.25. The molecule has 0 fully saturated rings. The van der Waals surface area contributed by atoms with E-state index in [9.17, 15) is 0 Å². The second-order valence-corrected chi connectivity index (χ2v) is 5.62. The highest BCUT2D eigenvalue weighted by Gasteiger charge is 2.09. The van der Waals surface area contributed by atoms with Crippen LogP contribution in [0, 0.1) is 0 Å². The number of rotatable bonds is 7. The lowest BCUT2D eigenvalue weighted by atomic mass is 10.2. The van der Waals surface area contributed by atoms with Crippen LogP contribution in [-0.2, 0) is 4.74 Å². The first kappa shape index (κ1) is 16.6. The molecule has 24 heavy (non-hydrogen) atoms. The molecule has 6 heteroatoms. The van der Waals surface area contributed by atoms with Gasteiger partial charge in [-0.15, -0.1) is 0 Å². The molecule has 0 radical (unpaired) electrons. The van der Waals surface area contributed by atoms with Crippen LogP contribution in [0.4, 0.5) is 5.82 Å². The number of hydrogen-bond acceptors (Lipinski definition) is 5. The van der Waals surface area contributed by atoms with E-state index in [4.69, 9.17) is 21.4 Å². The van der Waals surface area contributed by atoms with Crippen molar-refractivity contribution in [2.24, 2.45) is 0 Å². The van der Waals surface area contributed by atoms with Crippen LogP contribution in [0.2, 0.25) is 5.02 Å². The van der Waals surface area contributed by atoms with Crippen molar-refractivity contribution in [3.05, 3.63) is 53.6 Å². The minimum atomic E-state index is 0.0250. The van der Waals surface area contributed by atoms with Gasteiger partial charge in [0.05, 0.1) is 25.3 Å². The van der Waals surface area contributed by atoms with Crippen molar-refractivity contribution >= 4 is 28.3 Å². The van der Waals surface area contributed by atoms with Crippen LogP contribution in [0.25, 0.3) is 22.3 Å². The molecule has 0 amide bonds. The Kier molecular flexibility index (Phi) is 5.59. The van der Waals surface area contributed by atoms with Crippen LogP contribution < -0.4 is 5.32 Å². The molecule has 0 aliphatic carbocycles. The smallest absolute Gasteiger partial charge is 0.162 e. The SMILES string of the molecule is OCCOCCNc1nc(-c2ccc(Cl)cc2)nc2ccccc12. The predicted octanol–water partition coefficient (Wildman–Crippen LogP) is 3.37. The van der Waals surface area contributed by atoms with Crippen molar-refractivity contribution in [2.75, 3.05) is 31.7 Å². The zero-order chi connectivity index (χ0) is 16.8. The minimum Gasteiger partial charge on any atom is -0.394 e. The highest BCUT2D eigenvalue weighted by atomic mass is 35.5. The van der Waals surface area contributed by atoms with Crippen LogP contribution >= 0.6 is 11.6 Å². The molecule has 0 saturated carbocycles. The summed E-state index contributed by atoms with van der Waals surface area (Å²) in [5.74, 6) is 1.40. The van der Waals surface area contributed by atoms with Gasteiger partial charge in [-0.05, 0) is 36.4 Å². The van der Waals surface area contributed by atoms with Gasteiger partial charge in [-0.3, -0.25) is 0 Å². The van der Waals surface area contributed by atoms with Crippen molar-refractivity contribution in [3.63, 3.8) is 0 Å². The molecule has 1 aromatic heterocycles. The van der Waals surface area contributed by atoms with E-state index < -0.39 is 0 Å². The lowest BCUT2D eigenvalue weighted by Gasteiger charge is -2.11. The number of benzene rings is 2. The molecule has 0 aliphatic heterocycles. The number of para-hydroxylation sites is 1. The largest absolute Gasteiger partial charge is 0.394 e. The average Bonchev–Trinajstić information content (AvgIpc) is 2.62. The summed E-state index contributed by atoms with van der Waals surface area (Å²) < 4.78 is 5.27. The van der Waals surface area contributed by atoms with E-state index in [1.165, 1.54) is 0 Å². The first-order chi connectivity index (χ1) is 11.8. The number of ether oxygens (including phenoxy) is 1. The first-order valence-corrected chi connectivity index (χ1v) is 8.11. The Morgan fingerprint density at radius 3 is 2.58 bits per heavy atom. The summed E-state index contributed by atoms with van der Waals surface area (Å²) in [6.07, 6.45) is 0. The van der Waals surface area contributed by atoms with Crippen molar-refractivity contribution in [3.8, 4) is 11.4 Å². The normalized spacial score (nSPS) is 10.9. The molecule has 3 aromatic rings. The summed E-state index contributed by atoms with van der Waals surface area (Å²) in [5, 5.41) is 13.7. The van der Waals surface area contributed by atoms with Gasteiger partial charge >= 0.3 is 0 Å². The van der Waals surface area contributed by atoms with Crippen LogP contribution in [0.3, 0.4) is 0 Å². The lowest BCUT2D eigenvalue weighted by molar-refractivity contribution is 0.0992.